The van der Waals surface area contributed by atoms with Crippen LogP contribution in [-0.2, 0) is 4.79 Å². The molecule has 0 aromatic heterocycles. The Morgan fingerprint density at radius 3 is 2.29 bits per heavy atom. The summed E-state index contributed by atoms with van der Waals surface area (Å²) in [6.07, 6.45) is -5.20. The molecule has 0 heterocycles. The van der Waals surface area contributed by atoms with Crippen LogP contribution in [0, 0.1) is 5.92 Å². The zero-order valence-electron chi connectivity index (χ0n) is 7.99. The van der Waals surface area contributed by atoms with E-state index in [9.17, 15) is 18.0 Å². The van der Waals surface area contributed by atoms with Crippen molar-refractivity contribution in [2.75, 3.05) is 6.54 Å². The van der Waals surface area contributed by atoms with Crippen LogP contribution in [0.15, 0.2) is 0 Å². The van der Waals surface area contributed by atoms with E-state index in [0.29, 0.717) is 0 Å². The molecule has 0 aromatic rings. The summed E-state index contributed by atoms with van der Waals surface area (Å²) < 4.78 is 35.1. The summed E-state index contributed by atoms with van der Waals surface area (Å²) in [5.74, 6) is -0.342. The molecule has 0 aliphatic rings. The summed E-state index contributed by atoms with van der Waals surface area (Å²) in [6, 6.07) is 0. The molecule has 0 aromatic carbocycles. The maximum Gasteiger partial charge on any atom is 0.390 e. The highest BCUT2D eigenvalue weighted by Gasteiger charge is 2.27. The molecule has 2 nitrogen and oxygen atoms in total. The summed E-state index contributed by atoms with van der Waals surface area (Å²) in [4.78, 5) is 10.7. The Kier molecular flexibility index (Phi) is 5.48. The van der Waals surface area contributed by atoms with Gasteiger partial charge < -0.3 is 5.32 Å². The van der Waals surface area contributed by atoms with Gasteiger partial charge in [0, 0.05) is 6.54 Å². The van der Waals surface area contributed by atoms with Crippen LogP contribution in [-0.4, -0.2) is 23.5 Å². The van der Waals surface area contributed by atoms with Crippen LogP contribution in [0.4, 0.5) is 13.2 Å². The molecule has 0 saturated heterocycles. The minimum absolute atomic E-state index is 0.0564. The third-order valence-electron chi connectivity index (χ3n) is 1.54. The van der Waals surface area contributed by atoms with E-state index < -0.39 is 23.3 Å². The maximum absolute atomic E-state index is 11.7. The molecule has 0 aliphatic carbocycles. The van der Waals surface area contributed by atoms with E-state index in [1.165, 1.54) is 0 Å². The molecular formula is C8H13BrF3NO. The van der Waals surface area contributed by atoms with Gasteiger partial charge in [-0.25, -0.2) is 0 Å². The fraction of sp³-hybridized carbons (Fsp3) is 0.875. The van der Waals surface area contributed by atoms with Gasteiger partial charge in [0.25, 0.3) is 0 Å². The number of amides is 1. The molecule has 0 aliphatic heterocycles. The number of carbonyl (C=O) groups is 1. The van der Waals surface area contributed by atoms with Crippen molar-refractivity contribution in [3.8, 4) is 0 Å². The molecule has 0 radical (unpaired) electrons. The largest absolute Gasteiger partial charge is 0.390 e. The quantitative estimate of drug-likeness (QED) is 0.785. The Morgan fingerprint density at radius 2 is 1.93 bits per heavy atom. The Labute approximate surface area is 89.4 Å². The molecule has 1 unspecified atom stereocenters. The Bertz CT molecular complexity index is 194. The molecule has 0 rings (SSSR count). The fourth-order valence-electron chi connectivity index (χ4n) is 0.728. The third-order valence-corrected chi connectivity index (χ3v) is 3.02. The fourth-order valence-corrected chi connectivity index (χ4v) is 0.890. The monoisotopic (exact) mass is 275 g/mol. The Balaban J connectivity index is 3.75. The van der Waals surface area contributed by atoms with Crippen molar-refractivity contribution in [1.29, 1.82) is 0 Å². The first-order valence-electron chi connectivity index (χ1n) is 4.22. The van der Waals surface area contributed by atoms with Gasteiger partial charge in [0.2, 0.25) is 5.91 Å². The van der Waals surface area contributed by atoms with Crippen molar-refractivity contribution in [1.82, 2.24) is 5.32 Å². The Hall–Kier alpha value is -0.260. The molecule has 6 heteroatoms. The van der Waals surface area contributed by atoms with Crippen molar-refractivity contribution in [3.05, 3.63) is 0 Å². The summed E-state index contributed by atoms with van der Waals surface area (Å²) in [6.45, 7) is 3.25. The lowest BCUT2D eigenvalue weighted by atomic mass is 10.1. The van der Waals surface area contributed by atoms with Crippen LogP contribution in [0.1, 0.15) is 20.3 Å². The predicted octanol–water partition coefficient (Wildman–Crippen LogP) is 2.47. The minimum atomic E-state index is -4.22. The highest BCUT2D eigenvalue weighted by molar-refractivity contribution is 9.10. The second-order valence-electron chi connectivity index (χ2n) is 3.30. The third kappa shape index (κ3) is 6.23. The molecular weight excluding hydrogens is 263 g/mol. The lowest BCUT2D eigenvalue weighted by molar-refractivity contribution is -0.135. The van der Waals surface area contributed by atoms with Crippen LogP contribution in [0.3, 0.4) is 0 Å². The first-order valence-corrected chi connectivity index (χ1v) is 5.14. The topological polar surface area (TPSA) is 29.1 Å². The number of rotatable bonds is 4. The number of hydrogen-bond acceptors (Lipinski definition) is 1. The smallest absolute Gasteiger partial charge is 0.355 e. The first kappa shape index (κ1) is 13.7. The van der Waals surface area contributed by atoms with Crippen molar-refractivity contribution in [2.24, 2.45) is 5.92 Å². The second kappa shape index (κ2) is 5.58. The van der Waals surface area contributed by atoms with E-state index in [-0.39, 0.29) is 12.5 Å². The molecule has 0 bridgehead atoms. The SMILES string of the molecule is CC(C)C(Br)C(=O)NCCC(F)(F)F. The average Bonchev–Trinajstić information content (AvgIpc) is 2.00. The van der Waals surface area contributed by atoms with Crippen LogP contribution < -0.4 is 5.32 Å². The van der Waals surface area contributed by atoms with Gasteiger partial charge in [-0.2, -0.15) is 13.2 Å². The number of carbonyl (C=O) groups excluding carboxylic acids is 1. The van der Waals surface area contributed by atoms with Crippen molar-refractivity contribution in [2.45, 2.75) is 31.3 Å². The summed E-state index contributed by atoms with van der Waals surface area (Å²) in [5.41, 5.74) is 0. The van der Waals surface area contributed by atoms with E-state index in [2.05, 4.69) is 21.2 Å². The van der Waals surface area contributed by atoms with Gasteiger partial charge in [0.05, 0.1) is 11.2 Å². The van der Waals surface area contributed by atoms with Gasteiger partial charge in [0.1, 0.15) is 0 Å². The standard InChI is InChI=1S/C8H13BrF3NO/c1-5(2)6(9)7(14)13-4-3-8(10,11)12/h5-6H,3-4H2,1-2H3,(H,13,14). The molecule has 14 heavy (non-hydrogen) atoms. The van der Waals surface area contributed by atoms with Gasteiger partial charge in [-0.3, -0.25) is 4.79 Å². The zero-order chi connectivity index (χ0) is 11.4. The van der Waals surface area contributed by atoms with Gasteiger partial charge in [-0.1, -0.05) is 29.8 Å². The molecule has 0 fully saturated rings. The van der Waals surface area contributed by atoms with E-state index >= 15 is 0 Å². The number of halogens is 4. The zero-order valence-corrected chi connectivity index (χ0v) is 9.58. The minimum Gasteiger partial charge on any atom is -0.355 e. The molecule has 84 valence electrons. The van der Waals surface area contributed by atoms with Crippen LogP contribution in [0.2, 0.25) is 0 Å². The van der Waals surface area contributed by atoms with Gasteiger partial charge in [-0.05, 0) is 5.92 Å². The van der Waals surface area contributed by atoms with Crippen LogP contribution >= 0.6 is 15.9 Å². The van der Waals surface area contributed by atoms with Crippen LogP contribution in [0.25, 0.3) is 0 Å². The lowest BCUT2D eigenvalue weighted by Crippen LogP contribution is -2.35. The molecule has 0 spiro atoms. The lowest BCUT2D eigenvalue weighted by Gasteiger charge is -2.14. The van der Waals surface area contributed by atoms with Gasteiger partial charge >= 0.3 is 6.18 Å². The second-order valence-corrected chi connectivity index (χ2v) is 4.29. The normalized spacial score (nSPS) is 14.2. The molecule has 0 saturated carbocycles. The first-order chi connectivity index (χ1) is 6.24. The van der Waals surface area contributed by atoms with Crippen molar-refractivity contribution in [3.63, 3.8) is 0 Å². The summed E-state index contributed by atoms with van der Waals surface area (Å²) >= 11 is 3.09. The highest BCUT2D eigenvalue weighted by atomic mass is 79.9. The maximum atomic E-state index is 11.7. The number of hydrogen-bond donors (Lipinski definition) is 1. The number of alkyl halides is 4. The summed E-state index contributed by atoms with van der Waals surface area (Å²) in [5, 5.41) is 2.21. The Morgan fingerprint density at radius 1 is 1.43 bits per heavy atom. The van der Waals surface area contributed by atoms with E-state index in [1.807, 2.05) is 13.8 Å². The van der Waals surface area contributed by atoms with Gasteiger partial charge in [0.15, 0.2) is 0 Å². The average molecular weight is 276 g/mol. The predicted molar refractivity (Wildman–Crippen MR) is 51.2 cm³/mol. The van der Waals surface area contributed by atoms with Crippen molar-refractivity contribution >= 4 is 21.8 Å². The molecule has 1 N–H and O–H groups in total. The van der Waals surface area contributed by atoms with E-state index in [4.69, 9.17) is 0 Å². The highest BCUT2D eigenvalue weighted by Crippen LogP contribution is 2.18. The van der Waals surface area contributed by atoms with E-state index in [0.717, 1.165) is 0 Å². The number of nitrogens with one attached hydrogen (secondary N) is 1. The van der Waals surface area contributed by atoms with Gasteiger partial charge in [-0.15, -0.1) is 0 Å². The van der Waals surface area contributed by atoms with Crippen LogP contribution in [0.5, 0.6) is 0 Å². The molecule has 1 atom stereocenters. The molecule has 1 amide bonds. The van der Waals surface area contributed by atoms with Crippen molar-refractivity contribution < 1.29 is 18.0 Å². The van der Waals surface area contributed by atoms with E-state index in [1.54, 1.807) is 0 Å². The summed E-state index contributed by atoms with van der Waals surface area (Å²) in [7, 11) is 0.